The van der Waals surface area contributed by atoms with Crippen LogP contribution in [0.25, 0.3) is 11.4 Å². The maximum atomic E-state index is 11.7. The highest BCUT2D eigenvalue weighted by Gasteiger charge is 2.29. The molecule has 1 aliphatic rings. The second-order valence-corrected chi connectivity index (χ2v) is 4.15. The van der Waals surface area contributed by atoms with E-state index in [0.717, 1.165) is 24.2 Å². The van der Waals surface area contributed by atoms with Crippen molar-refractivity contribution in [1.82, 2.24) is 14.8 Å². The van der Waals surface area contributed by atoms with Gasteiger partial charge in [0, 0.05) is 6.04 Å². The molecule has 1 saturated carbocycles. The molecule has 2 aromatic rings. The molecule has 0 bridgehead atoms. The molecular weight excluding hydrogens is 218 g/mol. The van der Waals surface area contributed by atoms with Crippen molar-refractivity contribution in [3.8, 4) is 17.1 Å². The van der Waals surface area contributed by atoms with Gasteiger partial charge in [-0.25, -0.2) is 9.89 Å². The maximum absolute atomic E-state index is 11.7. The van der Waals surface area contributed by atoms with Gasteiger partial charge in [0.15, 0.2) is 5.82 Å². The quantitative estimate of drug-likeness (QED) is 0.872. The van der Waals surface area contributed by atoms with Crippen LogP contribution in [0.2, 0.25) is 0 Å². The van der Waals surface area contributed by atoms with Gasteiger partial charge in [-0.1, -0.05) is 12.1 Å². The van der Waals surface area contributed by atoms with Crippen LogP contribution in [0.1, 0.15) is 18.9 Å². The van der Waals surface area contributed by atoms with E-state index >= 15 is 0 Å². The highest BCUT2D eigenvalue weighted by Crippen LogP contribution is 2.37. The second-order valence-electron chi connectivity index (χ2n) is 4.15. The fourth-order valence-electron chi connectivity index (χ4n) is 2.00. The van der Waals surface area contributed by atoms with Crippen LogP contribution in [0.4, 0.5) is 0 Å². The number of H-pyrrole nitrogens is 1. The minimum Gasteiger partial charge on any atom is -0.496 e. The lowest BCUT2D eigenvalue weighted by atomic mass is 10.2. The second kappa shape index (κ2) is 3.76. The molecule has 0 unspecified atom stereocenters. The Kier molecular flexibility index (Phi) is 2.24. The normalized spacial score (nSPS) is 14.9. The van der Waals surface area contributed by atoms with Crippen LogP contribution in [-0.4, -0.2) is 21.9 Å². The summed E-state index contributed by atoms with van der Waals surface area (Å²) in [6, 6.07) is 7.88. The molecule has 1 aliphatic carbocycles. The zero-order valence-corrected chi connectivity index (χ0v) is 9.51. The summed E-state index contributed by atoms with van der Waals surface area (Å²) < 4.78 is 7.01. The highest BCUT2D eigenvalue weighted by molar-refractivity contribution is 5.64. The molecule has 1 N–H and O–H groups in total. The van der Waals surface area contributed by atoms with Gasteiger partial charge in [-0.15, -0.1) is 0 Å². The third kappa shape index (κ3) is 1.63. The van der Waals surface area contributed by atoms with Gasteiger partial charge in [0.05, 0.1) is 12.7 Å². The van der Waals surface area contributed by atoms with E-state index in [1.165, 1.54) is 0 Å². The maximum Gasteiger partial charge on any atom is 0.343 e. The third-order valence-electron chi connectivity index (χ3n) is 2.96. The van der Waals surface area contributed by atoms with E-state index in [1.54, 1.807) is 11.7 Å². The van der Waals surface area contributed by atoms with Gasteiger partial charge in [-0.2, -0.15) is 5.10 Å². The Morgan fingerprint density at radius 1 is 1.41 bits per heavy atom. The predicted molar refractivity (Wildman–Crippen MR) is 63.1 cm³/mol. The Morgan fingerprint density at radius 2 is 2.18 bits per heavy atom. The zero-order valence-electron chi connectivity index (χ0n) is 9.51. The minimum atomic E-state index is -0.145. The number of hydrogen-bond donors (Lipinski definition) is 1. The molecule has 5 nitrogen and oxygen atoms in total. The highest BCUT2D eigenvalue weighted by atomic mass is 16.5. The number of rotatable bonds is 3. The summed E-state index contributed by atoms with van der Waals surface area (Å²) >= 11 is 0. The van der Waals surface area contributed by atoms with E-state index in [1.807, 2.05) is 24.3 Å². The molecule has 0 aliphatic heterocycles. The Labute approximate surface area is 98.0 Å². The molecule has 0 radical (unpaired) electrons. The SMILES string of the molecule is COc1ccccc1-c1n[nH]c(=O)n1C1CC1. The van der Waals surface area contributed by atoms with Gasteiger partial charge in [-0.3, -0.25) is 4.57 Å². The van der Waals surface area contributed by atoms with Crippen molar-refractivity contribution in [1.29, 1.82) is 0 Å². The van der Waals surface area contributed by atoms with E-state index < -0.39 is 0 Å². The number of nitrogens with zero attached hydrogens (tertiary/aromatic N) is 2. The summed E-state index contributed by atoms with van der Waals surface area (Å²) in [7, 11) is 1.62. The lowest BCUT2D eigenvalue weighted by Gasteiger charge is -2.08. The Hall–Kier alpha value is -2.04. The van der Waals surface area contributed by atoms with Gasteiger partial charge >= 0.3 is 5.69 Å². The van der Waals surface area contributed by atoms with E-state index in [9.17, 15) is 4.79 Å². The molecule has 1 aromatic heterocycles. The van der Waals surface area contributed by atoms with Crippen molar-refractivity contribution in [3.63, 3.8) is 0 Å². The third-order valence-corrected chi connectivity index (χ3v) is 2.96. The van der Waals surface area contributed by atoms with Crippen LogP contribution in [-0.2, 0) is 0 Å². The number of ether oxygens (including phenoxy) is 1. The summed E-state index contributed by atoms with van der Waals surface area (Å²) in [5.74, 6) is 1.39. The molecule has 0 atom stereocenters. The Morgan fingerprint density at radius 3 is 2.88 bits per heavy atom. The average Bonchev–Trinajstić information content (AvgIpc) is 3.12. The first-order chi connectivity index (χ1) is 8.31. The van der Waals surface area contributed by atoms with Gasteiger partial charge in [0.1, 0.15) is 5.75 Å². The number of hydrogen-bond acceptors (Lipinski definition) is 3. The summed E-state index contributed by atoms with van der Waals surface area (Å²) in [5.41, 5.74) is 0.702. The first-order valence-electron chi connectivity index (χ1n) is 5.61. The number of aromatic nitrogens is 3. The molecule has 0 saturated heterocycles. The molecule has 0 amide bonds. The topological polar surface area (TPSA) is 59.9 Å². The standard InChI is InChI=1S/C12H13N3O2/c1-17-10-5-3-2-4-9(10)11-13-14-12(16)15(11)8-6-7-8/h2-5,8H,6-7H2,1H3,(H,14,16). The molecule has 1 fully saturated rings. The summed E-state index contributed by atoms with van der Waals surface area (Å²) in [6.45, 7) is 0. The van der Waals surface area contributed by atoms with Gasteiger partial charge in [0.25, 0.3) is 0 Å². The van der Waals surface area contributed by atoms with E-state index in [2.05, 4.69) is 10.2 Å². The zero-order chi connectivity index (χ0) is 11.8. The van der Waals surface area contributed by atoms with Crippen molar-refractivity contribution in [2.24, 2.45) is 0 Å². The van der Waals surface area contributed by atoms with E-state index in [0.29, 0.717) is 11.9 Å². The number of para-hydroxylation sites is 1. The number of benzene rings is 1. The molecule has 3 rings (SSSR count). The molecule has 1 heterocycles. The van der Waals surface area contributed by atoms with Crippen LogP contribution < -0.4 is 10.4 Å². The Bertz CT molecular complexity index is 596. The molecular formula is C12H13N3O2. The lowest BCUT2D eigenvalue weighted by Crippen LogP contribution is -2.16. The molecule has 5 heteroatoms. The average molecular weight is 231 g/mol. The molecule has 1 aromatic carbocycles. The van der Waals surface area contributed by atoms with Gasteiger partial charge in [-0.05, 0) is 25.0 Å². The van der Waals surface area contributed by atoms with Crippen LogP contribution in [0.5, 0.6) is 5.75 Å². The summed E-state index contributed by atoms with van der Waals surface area (Å²) in [4.78, 5) is 11.7. The lowest BCUT2D eigenvalue weighted by molar-refractivity contribution is 0.416. The van der Waals surface area contributed by atoms with E-state index in [4.69, 9.17) is 4.74 Å². The molecule has 88 valence electrons. The largest absolute Gasteiger partial charge is 0.496 e. The van der Waals surface area contributed by atoms with Crippen LogP contribution in [0.3, 0.4) is 0 Å². The van der Waals surface area contributed by atoms with E-state index in [-0.39, 0.29) is 5.69 Å². The van der Waals surface area contributed by atoms with Crippen molar-refractivity contribution < 1.29 is 4.74 Å². The first-order valence-corrected chi connectivity index (χ1v) is 5.61. The van der Waals surface area contributed by atoms with Gasteiger partial charge < -0.3 is 4.74 Å². The monoisotopic (exact) mass is 231 g/mol. The van der Waals surface area contributed by atoms with Crippen LogP contribution >= 0.6 is 0 Å². The predicted octanol–water partition coefficient (Wildman–Crippen LogP) is 1.58. The minimum absolute atomic E-state index is 0.145. The number of nitrogens with one attached hydrogen (secondary N) is 1. The summed E-state index contributed by atoms with van der Waals surface area (Å²) in [5, 5.41) is 6.61. The fourth-order valence-corrected chi connectivity index (χ4v) is 2.00. The first kappa shape index (κ1) is 10.1. The van der Waals surface area contributed by atoms with Crippen molar-refractivity contribution in [3.05, 3.63) is 34.7 Å². The molecule has 17 heavy (non-hydrogen) atoms. The van der Waals surface area contributed by atoms with Crippen molar-refractivity contribution >= 4 is 0 Å². The fraction of sp³-hybridized carbons (Fsp3) is 0.333. The van der Waals surface area contributed by atoms with Crippen LogP contribution in [0.15, 0.2) is 29.1 Å². The Balaban J connectivity index is 2.18. The number of aromatic amines is 1. The smallest absolute Gasteiger partial charge is 0.343 e. The number of methoxy groups -OCH3 is 1. The van der Waals surface area contributed by atoms with Crippen molar-refractivity contribution in [2.45, 2.75) is 18.9 Å². The summed E-state index contributed by atoms with van der Waals surface area (Å²) in [6.07, 6.45) is 2.09. The molecule has 0 spiro atoms. The van der Waals surface area contributed by atoms with Crippen molar-refractivity contribution in [2.75, 3.05) is 7.11 Å². The van der Waals surface area contributed by atoms with Crippen LogP contribution in [0, 0.1) is 0 Å². The van der Waals surface area contributed by atoms with Gasteiger partial charge in [0.2, 0.25) is 0 Å².